The lowest BCUT2D eigenvalue weighted by Gasteiger charge is -2.13. The van der Waals surface area contributed by atoms with Crippen molar-refractivity contribution in [3.63, 3.8) is 0 Å². The molecule has 1 heterocycles. The Hall–Kier alpha value is -3.23. The molecule has 0 saturated carbocycles. The summed E-state index contributed by atoms with van der Waals surface area (Å²) in [5, 5.41) is 7.47. The number of nitrogens with zero attached hydrogens (tertiary/aromatic N) is 1. The Morgan fingerprint density at radius 2 is 1.37 bits per heavy atom. The average molecular weight is 550 g/mol. The Bertz CT molecular complexity index is 1430. The van der Waals surface area contributed by atoms with Gasteiger partial charge < -0.3 is 10.6 Å². The highest BCUT2D eigenvalue weighted by atomic mass is 35.5. The predicted molar refractivity (Wildman–Crippen MR) is 139 cm³/mol. The molecule has 0 spiro atoms. The van der Waals surface area contributed by atoms with Gasteiger partial charge in [-0.3, -0.25) is 19.8 Å². The molecule has 3 N–H and O–H groups in total. The molecule has 3 aromatic carbocycles. The number of carbonyl (C=O) groups excluding carboxylic acids is 3. The summed E-state index contributed by atoms with van der Waals surface area (Å²) in [7, 11) is 0. The number of benzene rings is 3. The van der Waals surface area contributed by atoms with Gasteiger partial charge in [-0.2, -0.15) is 0 Å². The molecule has 178 valence electrons. The summed E-state index contributed by atoms with van der Waals surface area (Å²) in [6.45, 7) is 0.119. The van der Waals surface area contributed by atoms with Gasteiger partial charge in [-0.05, 0) is 60.2 Å². The van der Waals surface area contributed by atoms with Gasteiger partial charge in [0.15, 0.2) is 0 Å². The summed E-state index contributed by atoms with van der Waals surface area (Å²) in [4.78, 5) is 38.2. The largest absolute Gasteiger partial charge is 0.344 e. The van der Waals surface area contributed by atoms with Crippen molar-refractivity contribution < 1.29 is 14.4 Å². The van der Waals surface area contributed by atoms with E-state index in [4.69, 9.17) is 46.4 Å². The van der Waals surface area contributed by atoms with E-state index in [9.17, 15) is 14.4 Å². The zero-order valence-electron chi connectivity index (χ0n) is 17.7. The molecule has 0 bridgehead atoms. The van der Waals surface area contributed by atoms with Gasteiger partial charge in [0.1, 0.15) is 5.69 Å². The van der Waals surface area contributed by atoms with E-state index in [2.05, 4.69) is 16.1 Å². The molecule has 4 rings (SSSR count). The Kier molecular flexibility index (Phi) is 7.52. The average Bonchev–Trinajstić information content (AvgIpc) is 3.15. The van der Waals surface area contributed by atoms with Crippen molar-refractivity contribution in [2.45, 2.75) is 6.54 Å². The molecule has 0 unspecified atom stereocenters. The van der Waals surface area contributed by atoms with Crippen LogP contribution in [0.5, 0.6) is 0 Å². The highest BCUT2D eigenvalue weighted by Crippen LogP contribution is 2.26. The van der Waals surface area contributed by atoms with E-state index in [-0.39, 0.29) is 12.2 Å². The van der Waals surface area contributed by atoms with Gasteiger partial charge in [0.25, 0.3) is 5.91 Å². The zero-order chi connectivity index (χ0) is 25.1. The number of aromatic nitrogens is 1. The fourth-order valence-corrected chi connectivity index (χ4v) is 4.14. The third-order valence-electron chi connectivity index (χ3n) is 4.90. The molecule has 0 fully saturated rings. The first-order chi connectivity index (χ1) is 16.7. The SMILES string of the molecule is O=C(NCc1ccc(Cl)cc1)C(=O)Nn1c(C(=O)Nc2cc(Cl)cc(Cl)c2)cc2cc(Cl)ccc21. The lowest BCUT2D eigenvalue weighted by Crippen LogP contribution is -2.39. The van der Waals surface area contributed by atoms with Crippen molar-refractivity contribution in [3.8, 4) is 0 Å². The molecular formula is C24H16Cl4N4O3. The van der Waals surface area contributed by atoms with E-state index in [1.807, 2.05) is 0 Å². The third-order valence-corrected chi connectivity index (χ3v) is 5.83. The Labute approximate surface area is 219 Å². The molecular weight excluding hydrogens is 534 g/mol. The molecule has 1 aromatic heterocycles. The van der Waals surface area contributed by atoms with Crippen LogP contribution in [0.1, 0.15) is 16.1 Å². The van der Waals surface area contributed by atoms with Crippen LogP contribution in [0.4, 0.5) is 5.69 Å². The van der Waals surface area contributed by atoms with E-state index in [1.165, 1.54) is 28.9 Å². The van der Waals surface area contributed by atoms with Crippen LogP contribution in [-0.4, -0.2) is 22.4 Å². The first-order valence-electron chi connectivity index (χ1n) is 10.1. The summed E-state index contributed by atoms with van der Waals surface area (Å²) in [6, 6.07) is 17.8. The number of amides is 3. The van der Waals surface area contributed by atoms with E-state index >= 15 is 0 Å². The second-order valence-electron chi connectivity index (χ2n) is 7.43. The highest BCUT2D eigenvalue weighted by molar-refractivity contribution is 6.38. The molecule has 0 aliphatic heterocycles. The Balaban J connectivity index is 1.57. The number of hydrogen-bond donors (Lipinski definition) is 3. The quantitative estimate of drug-likeness (QED) is 0.271. The predicted octanol–water partition coefficient (Wildman–Crippen LogP) is 5.89. The third kappa shape index (κ3) is 6.07. The number of nitrogens with one attached hydrogen (secondary N) is 3. The van der Waals surface area contributed by atoms with Crippen LogP contribution < -0.4 is 16.1 Å². The number of rotatable bonds is 5. The molecule has 0 aliphatic rings. The van der Waals surface area contributed by atoms with Crippen LogP contribution in [0.2, 0.25) is 20.1 Å². The number of hydrogen-bond acceptors (Lipinski definition) is 3. The lowest BCUT2D eigenvalue weighted by molar-refractivity contribution is -0.136. The first kappa shape index (κ1) is 24.9. The number of carbonyl (C=O) groups is 3. The normalized spacial score (nSPS) is 10.7. The van der Waals surface area contributed by atoms with Crippen molar-refractivity contribution in [3.05, 3.63) is 98.1 Å². The standard InChI is InChI=1S/C24H16Cl4N4O3/c25-15-3-1-13(2-4-15)12-29-23(34)24(35)31-32-20-6-5-16(26)7-14(20)8-21(32)22(33)30-19-10-17(27)9-18(28)11-19/h1-11H,12H2,(H,29,34)(H,30,33)(H,31,35). The monoisotopic (exact) mass is 548 g/mol. The minimum atomic E-state index is -0.966. The lowest BCUT2D eigenvalue weighted by atomic mass is 10.2. The van der Waals surface area contributed by atoms with Crippen LogP contribution in [-0.2, 0) is 16.1 Å². The van der Waals surface area contributed by atoms with Crippen LogP contribution in [0.3, 0.4) is 0 Å². The summed E-state index contributed by atoms with van der Waals surface area (Å²) in [5.74, 6) is -2.42. The van der Waals surface area contributed by atoms with Crippen molar-refractivity contribution >= 4 is 80.7 Å². The van der Waals surface area contributed by atoms with Gasteiger partial charge in [-0.25, -0.2) is 4.68 Å². The topological polar surface area (TPSA) is 92.2 Å². The maximum Gasteiger partial charge on any atom is 0.328 e. The maximum atomic E-state index is 13.1. The van der Waals surface area contributed by atoms with E-state index in [0.29, 0.717) is 36.7 Å². The number of halogens is 4. The van der Waals surface area contributed by atoms with Crippen molar-refractivity contribution in [1.29, 1.82) is 0 Å². The molecule has 7 nitrogen and oxygen atoms in total. The molecule has 3 amide bonds. The molecule has 0 radical (unpaired) electrons. The summed E-state index contributed by atoms with van der Waals surface area (Å²) in [6.07, 6.45) is 0. The van der Waals surface area contributed by atoms with Crippen molar-refractivity contribution in [1.82, 2.24) is 9.99 Å². The van der Waals surface area contributed by atoms with Gasteiger partial charge in [0, 0.05) is 37.7 Å². The number of fused-ring (bicyclic) bond motifs is 1. The smallest absolute Gasteiger partial charge is 0.328 e. The van der Waals surface area contributed by atoms with Gasteiger partial charge in [-0.1, -0.05) is 58.5 Å². The Morgan fingerprint density at radius 3 is 2.06 bits per heavy atom. The Morgan fingerprint density at radius 1 is 0.714 bits per heavy atom. The molecule has 11 heteroatoms. The molecule has 0 aliphatic carbocycles. The van der Waals surface area contributed by atoms with Crippen molar-refractivity contribution in [2.24, 2.45) is 0 Å². The maximum absolute atomic E-state index is 13.1. The molecule has 0 saturated heterocycles. The first-order valence-corrected chi connectivity index (χ1v) is 11.6. The van der Waals surface area contributed by atoms with E-state index in [0.717, 1.165) is 5.56 Å². The summed E-state index contributed by atoms with van der Waals surface area (Å²) in [5.41, 5.74) is 4.11. The number of anilines is 1. The van der Waals surface area contributed by atoms with Crippen LogP contribution in [0.15, 0.2) is 66.7 Å². The fraction of sp³-hybridized carbons (Fsp3) is 0.0417. The minimum absolute atomic E-state index is 0.0530. The van der Waals surface area contributed by atoms with E-state index in [1.54, 1.807) is 42.5 Å². The van der Waals surface area contributed by atoms with Crippen molar-refractivity contribution in [2.75, 3.05) is 10.7 Å². The van der Waals surface area contributed by atoms with Crippen LogP contribution in [0, 0.1) is 0 Å². The van der Waals surface area contributed by atoms with E-state index < -0.39 is 17.7 Å². The van der Waals surface area contributed by atoms with Gasteiger partial charge in [0.2, 0.25) is 0 Å². The summed E-state index contributed by atoms with van der Waals surface area (Å²) < 4.78 is 1.22. The van der Waals surface area contributed by atoms with Crippen LogP contribution >= 0.6 is 46.4 Å². The molecule has 4 aromatic rings. The van der Waals surface area contributed by atoms with Gasteiger partial charge in [-0.15, -0.1) is 0 Å². The van der Waals surface area contributed by atoms with Crippen LogP contribution in [0.25, 0.3) is 10.9 Å². The van der Waals surface area contributed by atoms with Gasteiger partial charge in [0.05, 0.1) is 5.52 Å². The second-order valence-corrected chi connectivity index (χ2v) is 9.18. The van der Waals surface area contributed by atoms with Gasteiger partial charge >= 0.3 is 11.8 Å². The second kappa shape index (κ2) is 10.6. The molecule has 35 heavy (non-hydrogen) atoms. The minimum Gasteiger partial charge on any atom is -0.344 e. The highest BCUT2D eigenvalue weighted by Gasteiger charge is 2.21. The zero-order valence-corrected chi connectivity index (χ0v) is 20.8. The summed E-state index contributed by atoms with van der Waals surface area (Å²) >= 11 is 24.0. The molecule has 0 atom stereocenters. The fourth-order valence-electron chi connectivity index (χ4n) is 3.31.